The summed E-state index contributed by atoms with van der Waals surface area (Å²) >= 11 is 0. The first-order chi connectivity index (χ1) is 10.1. The molecule has 1 aromatic carbocycles. The molecule has 0 saturated heterocycles. The molecule has 0 bridgehead atoms. The third-order valence-corrected chi connectivity index (χ3v) is 3.17. The van der Waals surface area contributed by atoms with Crippen molar-refractivity contribution in [3.63, 3.8) is 0 Å². The zero-order valence-corrected chi connectivity index (χ0v) is 12.2. The molecule has 0 fully saturated rings. The summed E-state index contributed by atoms with van der Waals surface area (Å²) in [4.78, 5) is 11.9. The molecule has 4 N–H and O–H groups in total. The zero-order chi connectivity index (χ0) is 15.2. The number of nitrogens with zero attached hydrogens (tertiary/aromatic N) is 3. The zero-order valence-electron chi connectivity index (χ0n) is 12.2. The third kappa shape index (κ3) is 3.99. The fourth-order valence-corrected chi connectivity index (χ4v) is 1.83. The van der Waals surface area contributed by atoms with Crippen molar-refractivity contribution in [1.29, 1.82) is 0 Å². The van der Waals surface area contributed by atoms with E-state index in [9.17, 15) is 4.79 Å². The Hall–Kier alpha value is -2.48. The number of aromatic amines is 1. The molecule has 0 aliphatic carbocycles. The summed E-state index contributed by atoms with van der Waals surface area (Å²) in [7, 11) is 1.89. The number of benzene rings is 1. The molecule has 1 aromatic heterocycles. The van der Waals surface area contributed by atoms with Crippen LogP contribution >= 0.6 is 0 Å². The summed E-state index contributed by atoms with van der Waals surface area (Å²) in [5.41, 5.74) is 1.83. The number of carbonyl (C=O) groups is 1. The molecule has 0 radical (unpaired) electrons. The van der Waals surface area contributed by atoms with Crippen LogP contribution in [0, 0.1) is 0 Å². The topological polar surface area (TPSA) is 108 Å². The second-order valence-electron chi connectivity index (χ2n) is 4.73. The Bertz CT molecular complexity index is 584. The first-order valence-corrected chi connectivity index (χ1v) is 6.68. The van der Waals surface area contributed by atoms with Crippen molar-refractivity contribution in [2.75, 3.05) is 12.4 Å². The van der Waals surface area contributed by atoms with Gasteiger partial charge in [-0.2, -0.15) is 5.21 Å². The molecule has 2 amide bonds. The summed E-state index contributed by atoms with van der Waals surface area (Å²) in [6.07, 6.45) is 0. The summed E-state index contributed by atoms with van der Waals surface area (Å²) in [6, 6.07) is 7.25. The van der Waals surface area contributed by atoms with Crippen LogP contribution in [-0.4, -0.2) is 33.7 Å². The molecule has 1 heterocycles. The Morgan fingerprint density at radius 2 is 2.10 bits per heavy atom. The Morgan fingerprint density at radius 3 is 2.76 bits per heavy atom. The Morgan fingerprint density at radius 1 is 1.29 bits per heavy atom. The molecule has 2 unspecified atom stereocenters. The maximum absolute atomic E-state index is 11.9. The minimum atomic E-state index is -0.330. The van der Waals surface area contributed by atoms with E-state index < -0.39 is 0 Å². The van der Waals surface area contributed by atoms with Crippen LogP contribution in [0.2, 0.25) is 0 Å². The van der Waals surface area contributed by atoms with Gasteiger partial charge in [0.05, 0.1) is 6.04 Å². The number of amides is 2. The summed E-state index contributed by atoms with van der Waals surface area (Å²) in [5.74, 6) is 0.433. The number of carbonyl (C=O) groups excluding carboxylic acids is 1. The van der Waals surface area contributed by atoms with E-state index in [2.05, 4.69) is 43.5 Å². The minimum Gasteiger partial charge on any atom is -0.328 e. The van der Waals surface area contributed by atoms with Gasteiger partial charge in [0, 0.05) is 11.7 Å². The highest BCUT2D eigenvalue weighted by atomic mass is 16.2. The van der Waals surface area contributed by atoms with E-state index in [1.807, 2.05) is 31.3 Å². The number of hydrogen-bond acceptors (Lipinski definition) is 5. The maximum atomic E-state index is 11.9. The van der Waals surface area contributed by atoms with Gasteiger partial charge < -0.3 is 16.0 Å². The number of H-pyrrole nitrogens is 1. The molecule has 2 atom stereocenters. The normalized spacial score (nSPS) is 13.5. The van der Waals surface area contributed by atoms with Crippen molar-refractivity contribution in [3.8, 4) is 0 Å². The summed E-state index contributed by atoms with van der Waals surface area (Å²) in [5, 5.41) is 22.2. The number of aromatic nitrogens is 4. The predicted octanol–water partition coefficient (Wildman–Crippen LogP) is 1.36. The summed E-state index contributed by atoms with van der Waals surface area (Å²) in [6.45, 7) is 3.83. The number of urea groups is 1. The minimum absolute atomic E-state index is 0.216. The van der Waals surface area contributed by atoms with Crippen LogP contribution < -0.4 is 16.0 Å². The van der Waals surface area contributed by atoms with E-state index in [-0.39, 0.29) is 18.1 Å². The predicted molar refractivity (Wildman–Crippen MR) is 78.7 cm³/mol. The second kappa shape index (κ2) is 6.80. The largest absolute Gasteiger partial charge is 0.328 e. The number of nitrogens with one attached hydrogen (secondary N) is 4. The quantitative estimate of drug-likeness (QED) is 0.665. The SMILES string of the molecule is CNC(C)c1cccc(NC(=O)NC(C)c2nn[nH]n2)c1. The molecule has 112 valence electrons. The first-order valence-electron chi connectivity index (χ1n) is 6.68. The van der Waals surface area contributed by atoms with Crippen LogP contribution in [0.25, 0.3) is 0 Å². The molecular formula is C13H19N7O. The maximum Gasteiger partial charge on any atom is 0.319 e. The van der Waals surface area contributed by atoms with Gasteiger partial charge in [-0.25, -0.2) is 4.79 Å². The van der Waals surface area contributed by atoms with E-state index in [1.165, 1.54) is 0 Å². The monoisotopic (exact) mass is 289 g/mol. The lowest BCUT2D eigenvalue weighted by atomic mass is 10.1. The van der Waals surface area contributed by atoms with Gasteiger partial charge in [-0.05, 0) is 38.6 Å². The van der Waals surface area contributed by atoms with Crippen molar-refractivity contribution in [2.45, 2.75) is 25.9 Å². The van der Waals surface area contributed by atoms with Crippen molar-refractivity contribution in [2.24, 2.45) is 0 Å². The number of hydrogen-bond donors (Lipinski definition) is 4. The van der Waals surface area contributed by atoms with Crippen LogP contribution in [0.4, 0.5) is 10.5 Å². The Kier molecular flexibility index (Phi) is 4.83. The van der Waals surface area contributed by atoms with Crippen molar-refractivity contribution >= 4 is 11.7 Å². The van der Waals surface area contributed by atoms with E-state index in [0.29, 0.717) is 5.82 Å². The average Bonchev–Trinajstić information content (AvgIpc) is 3.00. The highest BCUT2D eigenvalue weighted by Crippen LogP contribution is 2.17. The lowest BCUT2D eigenvalue weighted by Gasteiger charge is -2.14. The smallest absolute Gasteiger partial charge is 0.319 e. The van der Waals surface area contributed by atoms with Gasteiger partial charge in [-0.15, -0.1) is 10.2 Å². The van der Waals surface area contributed by atoms with Crippen molar-refractivity contribution in [3.05, 3.63) is 35.7 Å². The average molecular weight is 289 g/mol. The third-order valence-electron chi connectivity index (χ3n) is 3.17. The van der Waals surface area contributed by atoms with Gasteiger partial charge in [0.1, 0.15) is 0 Å². The van der Waals surface area contributed by atoms with Gasteiger partial charge in [-0.3, -0.25) is 0 Å². The molecule has 0 aliphatic heterocycles. The molecule has 2 rings (SSSR count). The van der Waals surface area contributed by atoms with Crippen LogP contribution in [0.5, 0.6) is 0 Å². The number of anilines is 1. The molecule has 2 aromatic rings. The van der Waals surface area contributed by atoms with Gasteiger partial charge in [-0.1, -0.05) is 17.3 Å². The van der Waals surface area contributed by atoms with E-state index in [4.69, 9.17) is 0 Å². The molecule has 8 heteroatoms. The van der Waals surface area contributed by atoms with Gasteiger partial charge in [0.25, 0.3) is 0 Å². The summed E-state index contributed by atoms with van der Waals surface area (Å²) < 4.78 is 0. The van der Waals surface area contributed by atoms with Crippen LogP contribution in [0.1, 0.15) is 37.3 Å². The first kappa shape index (κ1) is 14.9. The van der Waals surface area contributed by atoms with Gasteiger partial charge >= 0.3 is 6.03 Å². The molecule has 0 saturated carbocycles. The second-order valence-corrected chi connectivity index (χ2v) is 4.73. The molecule has 8 nitrogen and oxygen atoms in total. The fraction of sp³-hybridized carbons (Fsp3) is 0.385. The van der Waals surface area contributed by atoms with Crippen molar-refractivity contribution in [1.82, 2.24) is 31.3 Å². The highest BCUT2D eigenvalue weighted by molar-refractivity contribution is 5.89. The van der Waals surface area contributed by atoms with E-state index >= 15 is 0 Å². The molecule has 21 heavy (non-hydrogen) atoms. The van der Waals surface area contributed by atoms with E-state index in [1.54, 1.807) is 6.92 Å². The van der Waals surface area contributed by atoms with Crippen LogP contribution in [0.15, 0.2) is 24.3 Å². The highest BCUT2D eigenvalue weighted by Gasteiger charge is 2.13. The van der Waals surface area contributed by atoms with Gasteiger partial charge in [0.15, 0.2) is 5.82 Å². The van der Waals surface area contributed by atoms with Crippen molar-refractivity contribution < 1.29 is 4.79 Å². The van der Waals surface area contributed by atoms with Gasteiger partial charge in [0.2, 0.25) is 0 Å². The Labute approximate surface area is 122 Å². The fourth-order valence-electron chi connectivity index (χ4n) is 1.83. The standard InChI is InChI=1S/C13H19N7O/c1-8(14-3)10-5-4-6-11(7-10)16-13(21)15-9(2)12-17-19-20-18-12/h4-9,14H,1-3H3,(H2,15,16,21)(H,17,18,19,20). The lowest BCUT2D eigenvalue weighted by molar-refractivity contribution is 0.249. The number of tetrazole rings is 1. The molecule has 0 aliphatic rings. The molecule has 0 spiro atoms. The lowest BCUT2D eigenvalue weighted by Crippen LogP contribution is -2.31. The van der Waals surface area contributed by atoms with Crippen LogP contribution in [0.3, 0.4) is 0 Å². The number of rotatable bonds is 5. The molecular weight excluding hydrogens is 270 g/mol. The van der Waals surface area contributed by atoms with E-state index in [0.717, 1.165) is 11.3 Å². The van der Waals surface area contributed by atoms with Crippen LogP contribution in [-0.2, 0) is 0 Å². The Balaban J connectivity index is 1.96.